The number of aliphatic hydroxyl groups is 3. The lowest BCUT2D eigenvalue weighted by Gasteiger charge is -2.43. The van der Waals surface area contributed by atoms with Crippen LogP contribution in [0.15, 0.2) is 11.6 Å². The summed E-state index contributed by atoms with van der Waals surface area (Å²) in [5, 5.41) is 31.4. The summed E-state index contributed by atoms with van der Waals surface area (Å²) in [6, 6.07) is 0. The summed E-state index contributed by atoms with van der Waals surface area (Å²) in [6.07, 6.45) is 6.47. The Morgan fingerprint density at radius 2 is 2.00 bits per heavy atom. The molecule has 3 N–H and O–H groups in total. The summed E-state index contributed by atoms with van der Waals surface area (Å²) in [5.41, 5.74) is 0.822. The molecule has 0 amide bonds. The van der Waals surface area contributed by atoms with Gasteiger partial charge in [0.05, 0.1) is 11.7 Å². The van der Waals surface area contributed by atoms with Gasteiger partial charge in [-0.05, 0) is 68.1 Å². The van der Waals surface area contributed by atoms with Crippen molar-refractivity contribution in [2.45, 2.75) is 71.5 Å². The Bertz CT molecular complexity index is 481. The van der Waals surface area contributed by atoms with Crippen LogP contribution in [-0.4, -0.2) is 33.6 Å². The highest BCUT2D eigenvalue weighted by Gasteiger charge is 2.55. The highest BCUT2D eigenvalue weighted by atomic mass is 16.3. The summed E-state index contributed by atoms with van der Waals surface area (Å²) in [4.78, 5) is 0. The van der Waals surface area contributed by atoms with Crippen LogP contribution >= 0.6 is 0 Å². The quantitative estimate of drug-likeness (QED) is 0.685. The van der Waals surface area contributed by atoms with Gasteiger partial charge in [-0.3, -0.25) is 0 Å². The predicted molar refractivity (Wildman–Crippen MR) is 91.8 cm³/mol. The van der Waals surface area contributed by atoms with Crippen LogP contribution in [0.2, 0.25) is 0 Å². The number of rotatable bonds is 2. The van der Waals surface area contributed by atoms with E-state index < -0.39 is 11.7 Å². The lowest BCUT2D eigenvalue weighted by molar-refractivity contribution is -0.0709. The number of allylic oxidation sites excluding steroid dienone is 1. The van der Waals surface area contributed by atoms with Crippen molar-refractivity contribution in [3.63, 3.8) is 0 Å². The van der Waals surface area contributed by atoms with Crippen molar-refractivity contribution in [1.29, 1.82) is 0 Å². The smallest absolute Gasteiger partial charge is 0.0709 e. The zero-order valence-electron chi connectivity index (χ0n) is 15.1. The monoisotopic (exact) mass is 322 g/mol. The molecular formula is C20H34O3. The molecule has 0 aliphatic heterocycles. The van der Waals surface area contributed by atoms with E-state index in [4.69, 9.17) is 0 Å². The molecule has 7 atom stereocenters. The fourth-order valence-corrected chi connectivity index (χ4v) is 6.09. The van der Waals surface area contributed by atoms with E-state index in [-0.39, 0.29) is 29.8 Å². The minimum atomic E-state index is -0.882. The van der Waals surface area contributed by atoms with E-state index in [1.807, 2.05) is 6.92 Å². The Morgan fingerprint density at radius 1 is 1.30 bits per heavy atom. The summed E-state index contributed by atoms with van der Waals surface area (Å²) >= 11 is 0. The molecule has 0 saturated heterocycles. The van der Waals surface area contributed by atoms with Crippen LogP contribution in [0.4, 0.5) is 0 Å². The maximum atomic E-state index is 11.1. The zero-order valence-corrected chi connectivity index (χ0v) is 15.1. The molecule has 0 aromatic rings. The SMILES string of the molecule is CC(C)[C@@H]1CC[C@]2(C)C[C@@H]3[C@H](CO)C[C@@H](O)[C@@H]3[C@@](C)(O)CC=C12. The summed E-state index contributed by atoms with van der Waals surface area (Å²) in [5.74, 6) is 1.46. The second kappa shape index (κ2) is 5.86. The molecule has 0 aromatic carbocycles. The van der Waals surface area contributed by atoms with Gasteiger partial charge in [-0.15, -0.1) is 0 Å². The maximum Gasteiger partial charge on any atom is 0.0709 e. The van der Waals surface area contributed by atoms with E-state index in [1.165, 1.54) is 18.4 Å². The Labute approximate surface area is 140 Å². The van der Waals surface area contributed by atoms with Crippen molar-refractivity contribution in [2.75, 3.05) is 6.61 Å². The first-order valence-electron chi connectivity index (χ1n) is 9.41. The lowest BCUT2D eigenvalue weighted by Crippen LogP contribution is -2.45. The van der Waals surface area contributed by atoms with Crippen molar-refractivity contribution in [3.8, 4) is 0 Å². The van der Waals surface area contributed by atoms with Gasteiger partial charge in [0.25, 0.3) is 0 Å². The molecule has 3 aliphatic rings. The molecule has 0 bridgehead atoms. The number of hydrogen-bond acceptors (Lipinski definition) is 3. The summed E-state index contributed by atoms with van der Waals surface area (Å²) < 4.78 is 0. The Kier molecular flexibility index (Phi) is 4.44. The largest absolute Gasteiger partial charge is 0.396 e. The molecule has 132 valence electrons. The van der Waals surface area contributed by atoms with Gasteiger partial charge in [0.15, 0.2) is 0 Å². The third-order valence-electron chi connectivity index (χ3n) is 7.31. The van der Waals surface area contributed by atoms with Crippen molar-refractivity contribution in [3.05, 3.63) is 11.6 Å². The Hall–Kier alpha value is -0.380. The molecule has 2 fully saturated rings. The summed E-state index contributed by atoms with van der Waals surface area (Å²) in [7, 11) is 0. The topological polar surface area (TPSA) is 60.7 Å². The lowest BCUT2D eigenvalue weighted by atomic mass is 9.64. The van der Waals surface area contributed by atoms with Crippen LogP contribution in [0.3, 0.4) is 0 Å². The fourth-order valence-electron chi connectivity index (χ4n) is 6.09. The van der Waals surface area contributed by atoms with Crippen LogP contribution in [0.25, 0.3) is 0 Å². The molecule has 3 nitrogen and oxygen atoms in total. The molecule has 2 saturated carbocycles. The Balaban J connectivity index is 2.01. The molecule has 0 spiro atoms. The first-order chi connectivity index (χ1) is 10.7. The third kappa shape index (κ3) is 2.79. The molecule has 0 radical (unpaired) electrons. The second-order valence-corrected chi connectivity index (χ2v) is 9.31. The van der Waals surface area contributed by atoms with Crippen molar-refractivity contribution >= 4 is 0 Å². The summed E-state index contributed by atoms with van der Waals surface area (Å²) in [6.45, 7) is 8.97. The van der Waals surface area contributed by atoms with E-state index >= 15 is 0 Å². The first-order valence-corrected chi connectivity index (χ1v) is 9.41. The first kappa shape index (κ1) is 17.4. The molecule has 0 aromatic heterocycles. The van der Waals surface area contributed by atoms with Gasteiger partial charge < -0.3 is 15.3 Å². The Morgan fingerprint density at radius 3 is 2.61 bits per heavy atom. The molecule has 3 rings (SSSR count). The van der Waals surface area contributed by atoms with Crippen LogP contribution in [-0.2, 0) is 0 Å². The van der Waals surface area contributed by atoms with Gasteiger partial charge >= 0.3 is 0 Å². The van der Waals surface area contributed by atoms with Gasteiger partial charge in [-0.2, -0.15) is 0 Å². The normalized spacial score (nSPS) is 50.3. The number of aliphatic hydroxyl groups excluding tert-OH is 2. The number of fused-ring (bicyclic) bond motifs is 2. The maximum absolute atomic E-state index is 11.1. The van der Waals surface area contributed by atoms with E-state index in [0.29, 0.717) is 24.7 Å². The zero-order chi connectivity index (χ0) is 17.0. The minimum absolute atomic E-state index is 0.118. The molecule has 3 aliphatic carbocycles. The van der Waals surface area contributed by atoms with Crippen molar-refractivity contribution in [1.82, 2.24) is 0 Å². The predicted octanol–water partition coefficient (Wildman–Crippen LogP) is 3.14. The molecular weight excluding hydrogens is 288 g/mol. The van der Waals surface area contributed by atoms with Crippen molar-refractivity contribution < 1.29 is 15.3 Å². The average molecular weight is 322 g/mol. The highest BCUT2D eigenvalue weighted by molar-refractivity contribution is 5.26. The molecule has 0 unspecified atom stereocenters. The van der Waals surface area contributed by atoms with E-state index in [2.05, 4.69) is 26.8 Å². The van der Waals surface area contributed by atoms with E-state index in [1.54, 1.807) is 0 Å². The van der Waals surface area contributed by atoms with Crippen molar-refractivity contribution in [2.24, 2.45) is 35.0 Å². The number of hydrogen-bond donors (Lipinski definition) is 3. The van der Waals surface area contributed by atoms with Gasteiger partial charge in [0.2, 0.25) is 0 Å². The van der Waals surface area contributed by atoms with Gasteiger partial charge in [0.1, 0.15) is 0 Å². The average Bonchev–Trinajstić information content (AvgIpc) is 2.93. The van der Waals surface area contributed by atoms with Gasteiger partial charge in [-0.25, -0.2) is 0 Å². The second-order valence-electron chi connectivity index (χ2n) is 9.31. The van der Waals surface area contributed by atoms with Crippen LogP contribution in [0.5, 0.6) is 0 Å². The van der Waals surface area contributed by atoms with Crippen LogP contribution in [0.1, 0.15) is 59.8 Å². The van der Waals surface area contributed by atoms with Gasteiger partial charge in [0, 0.05) is 12.5 Å². The van der Waals surface area contributed by atoms with Crippen LogP contribution < -0.4 is 0 Å². The fraction of sp³-hybridized carbons (Fsp3) is 0.900. The molecule has 3 heteroatoms. The molecule has 23 heavy (non-hydrogen) atoms. The van der Waals surface area contributed by atoms with Crippen LogP contribution in [0, 0.1) is 35.0 Å². The molecule has 0 heterocycles. The minimum Gasteiger partial charge on any atom is -0.396 e. The highest BCUT2D eigenvalue weighted by Crippen LogP contribution is 2.58. The van der Waals surface area contributed by atoms with Gasteiger partial charge in [-0.1, -0.05) is 32.4 Å². The van der Waals surface area contributed by atoms with E-state index in [0.717, 1.165) is 6.42 Å². The van der Waals surface area contributed by atoms with E-state index in [9.17, 15) is 15.3 Å². The standard InChI is InChI=1S/C20H34O3/c1-12(2)14-5-7-19(3)10-15-13(11-21)9-17(22)18(15)20(4,23)8-6-16(14)19/h6,12-15,17-18,21-23H,5,7-11H2,1-4H3/t13-,14-,15+,17+,18+,19+,20-/m0/s1. The third-order valence-corrected chi connectivity index (χ3v) is 7.31.